The van der Waals surface area contributed by atoms with Crippen LogP contribution in [0.4, 0.5) is 0 Å². The van der Waals surface area contributed by atoms with Crippen molar-refractivity contribution in [2.45, 2.75) is 25.8 Å². The van der Waals surface area contributed by atoms with Crippen molar-refractivity contribution in [1.29, 1.82) is 0 Å². The number of hydrogen-bond acceptors (Lipinski definition) is 1. The van der Waals surface area contributed by atoms with E-state index in [2.05, 4.69) is 59.1 Å². The molecule has 0 heterocycles. The summed E-state index contributed by atoms with van der Waals surface area (Å²) in [5.41, 5.74) is 1.43. The molecule has 1 aromatic carbocycles. The van der Waals surface area contributed by atoms with Crippen LogP contribution in [0.1, 0.15) is 18.9 Å². The Labute approximate surface area is 94.1 Å². The summed E-state index contributed by atoms with van der Waals surface area (Å²) in [4.78, 5) is 0. The van der Waals surface area contributed by atoms with Crippen LogP contribution in [0.5, 0.6) is 0 Å². The van der Waals surface area contributed by atoms with E-state index in [9.17, 15) is 0 Å². The van der Waals surface area contributed by atoms with Crippen molar-refractivity contribution in [3.8, 4) is 0 Å². The molecule has 1 aromatic rings. The average Bonchev–Trinajstić information content (AvgIpc) is 2.16. The van der Waals surface area contributed by atoms with E-state index in [1.165, 1.54) is 22.0 Å². The largest absolute Gasteiger partial charge is 0.317 e. The highest BCUT2D eigenvalue weighted by Gasteiger charge is 1.98. The average molecular weight is 289 g/mol. The van der Waals surface area contributed by atoms with Crippen LogP contribution >= 0.6 is 22.6 Å². The normalized spacial score (nSPS) is 12.8. The minimum Gasteiger partial charge on any atom is -0.317 e. The molecule has 0 radical (unpaired) electrons. The maximum atomic E-state index is 3.25. The summed E-state index contributed by atoms with van der Waals surface area (Å²) < 4.78 is 1.31. The van der Waals surface area contributed by atoms with Crippen molar-refractivity contribution >= 4 is 22.6 Å². The lowest BCUT2D eigenvalue weighted by atomic mass is 10.1. The van der Waals surface area contributed by atoms with Gasteiger partial charge in [-0.1, -0.05) is 12.1 Å². The van der Waals surface area contributed by atoms with Gasteiger partial charge in [-0.15, -0.1) is 0 Å². The van der Waals surface area contributed by atoms with Crippen molar-refractivity contribution < 1.29 is 0 Å². The fraction of sp³-hybridized carbons (Fsp3) is 0.455. The Morgan fingerprint density at radius 1 is 1.31 bits per heavy atom. The quantitative estimate of drug-likeness (QED) is 0.840. The molecule has 2 heteroatoms. The molecular formula is C11H16IN. The predicted molar refractivity (Wildman–Crippen MR) is 66.0 cm³/mol. The van der Waals surface area contributed by atoms with Crippen molar-refractivity contribution in [3.05, 3.63) is 33.4 Å². The third-order valence-electron chi connectivity index (χ3n) is 2.27. The summed E-state index contributed by atoms with van der Waals surface area (Å²) in [6.45, 7) is 2.21. The number of rotatable bonds is 4. The molecule has 13 heavy (non-hydrogen) atoms. The maximum absolute atomic E-state index is 3.25. The minimum atomic E-state index is 0.610. The van der Waals surface area contributed by atoms with Gasteiger partial charge in [-0.2, -0.15) is 0 Å². The Morgan fingerprint density at radius 2 is 1.92 bits per heavy atom. The topological polar surface area (TPSA) is 12.0 Å². The van der Waals surface area contributed by atoms with Gasteiger partial charge in [0.2, 0.25) is 0 Å². The number of halogens is 1. The van der Waals surface area contributed by atoms with Gasteiger partial charge in [0.05, 0.1) is 0 Å². The molecule has 0 spiro atoms. The molecule has 72 valence electrons. The highest BCUT2D eigenvalue weighted by Crippen LogP contribution is 2.09. The Balaban J connectivity index is 2.41. The summed E-state index contributed by atoms with van der Waals surface area (Å²) in [7, 11) is 2.01. The van der Waals surface area contributed by atoms with E-state index >= 15 is 0 Å². The molecule has 0 amide bonds. The third-order valence-corrected chi connectivity index (χ3v) is 2.99. The molecule has 0 aliphatic rings. The molecule has 0 fully saturated rings. The Kier molecular flexibility index (Phi) is 4.73. The lowest BCUT2D eigenvalue weighted by Gasteiger charge is -2.09. The van der Waals surface area contributed by atoms with Crippen molar-refractivity contribution in [2.75, 3.05) is 7.05 Å². The Bertz CT molecular complexity index is 243. The van der Waals surface area contributed by atoms with Gasteiger partial charge >= 0.3 is 0 Å². The third kappa shape index (κ3) is 4.09. The Hall–Kier alpha value is -0.0900. The number of nitrogens with one attached hydrogen (secondary N) is 1. The molecular weight excluding hydrogens is 273 g/mol. The first-order chi connectivity index (χ1) is 6.22. The van der Waals surface area contributed by atoms with E-state index in [-0.39, 0.29) is 0 Å². The molecule has 0 saturated heterocycles. The number of benzene rings is 1. The molecule has 1 N–H and O–H groups in total. The van der Waals surface area contributed by atoms with E-state index < -0.39 is 0 Å². The van der Waals surface area contributed by atoms with Gasteiger partial charge < -0.3 is 5.32 Å². The van der Waals surface area contributed by atoms with Gasteiger partial charge in [-0.3, -0.25) is 0 Å². The lowest BCUT2D eigenvalue weighted by molar-refractivity contribution is 0.565. The molecule has 1 atom stereocenters. The standard InChI is InChI=1S/C11H16IN/c1-9(13-2)3-4-10-5-7-11(12)8-6-10/h5-9,13H,3-4H2,1-2H3. The summed E-state index contributed by atoms with van der Waals surface area (Å²) in [5, 5.41) is 3.25. The van der Waals surface area contributed by atoms with Gasteiger partial charge in [0, 0.05) is 9.61 Å². The highest BCUT2D eigenvalue weighted by molar-refractivity contribution is 14.1. The van der Waals surface area contributed by atoms with E-state index in [0.29, 0.717) is 6.04 Å². The van der Waals surface area contributed by atoms with E-state index in [1.54, 1.807) is 0 Å². The van der Waals surface area contributed by atoms with Crippen LogP contribution in [0.2, 0.25) is 0 Å². The molecule has 0 bridgehead atoms. The van der Waals surface area contributed by atoms with Crippen LogP contribution in [0.25, 0.3) is 0 Å². The smallest absolute Gasteiger partial charge is 0.0130 e. The van der Waals surface area contributed by atoms with Crippen LogP contribution in [-0.4, -0.2) is 13.1 Å². The van der Waals surface area contributed by atoms with Crippen LogP contribution in [0.15, 0.2) is 24.3 Å². The molecule has 0 aliphatic heterocycles. The number of aryl methyl sites for hydroxylation is 1. The summed E-state index contributed by atoms with van der Waals surface area (Å²) >= 11 is 2.33. The van der Waals surface area contributed by atoms with Gasteiger partial charge in [0.1, 0.15) is 0 Å². The fourth-order valence-corrected chi connectivity index (χ4v) is 1.54. The zero-order valence-electron chi connectivity index (χ0n) is 8.18. The van der Waals surface area contributed by atoms with Crippen LogP contribution < -0.4 is 5.32 Å². The Morgan fingerprint density at radius 3 is 2.46 bits per heavy atom. The van der Waals surface area contributed by atoms with E-state index in [0.717, 1.165) is 0 Å². The maximum Gasteiger partial charge on any atom is 0.0130 e. The lowest BCUT2D eigenvalue weighted by Crippen LogP contribution is -2.21. The van der Waals surface area contributed by atoms with Crippen molar-refractivity contribution in [2.24, 2.45) is 0 Å². The van der Waals surface area contributed by atoms with Crippen molar-refractivity contribution in [1.82, 2.24) is 5.32 Å². The minimum absolute atomic E-state index is 0.610. The van der Waals surface area contributed by atoms with Gasteiger partial charge in [-0.05, 0) is 67.1 Å². The van der Waals surface area contributed by atoms with Gasteiger partial charge in [0.25, 0.3) is 0 Å². The number of hydrogen-bond donors (Lipinski definition) is 1. The van der Waals surface area contributed by atoms with Crippen LogP contribution in [-0.2, 0) is 6.42 Å². The molecule has 0 aliphatic carbocycles. The summed E-state index contributed by atoms with van der Waals surface area (Å²) in [6.07, 6.45) is 2.37. The fourth-order valence-electron chi connectivity index (χ4n) is 1.18. The SMILES string of the molecule is CNC(C)CCc1ccc(I)cc1. The first-order valence-electron chi connectivity index (χ1n) is 4.64. The van der Waals surface area contributed by atoms with E-state index in [4.69, 9.17) is 0 Å². The zero-order chi connectivity index (χ0) is 9.68. The van der Waals surface area contributed by atoms with Gasteiger partial charge in [0.15, 0.2) is 0 Å². The monoisotopic (exact) mass is 289 g/mol. The van der Waals surface area contributed by atoms with Crippen LogP contribution in [0, 0.1) is 3.57 Å². The first-order valence-corrected chi connectivity index (χ1v) is 5.72. The second-order valence-corrected chi connectivity index (χ2v) is 4.60. The van der Waals surface area contributed by atoms with E-state index in [1.807, 2.05) is 7.05 Å². The molecule has 1 rings (SSSR count). The highest BCUT2D eigenvalue weighted by atomic mass is 127. The molecule has 1 unspecified atom stereocenters. The van der Waals surface area contributed by atoms with Gasteiger partial charge in [-0.25, -0.2) is 0 Å². The van der Waals surface area contributed by atoms with Crippen molar-refractivity contribution in [3.63, 3.8) is 0 Å². The molecule has 1 nitrogen and oxygen atoms in total. The molecule has 0 aromatic heterocycles. The second-order valence-electron chi connectivity index (χ2n) is 3.35. The molecule has 0 saturated carbocycles. The van der Waals surface area contributed by atoms with Crippen LogP contribution in [0.3, 0.4) is 0 Å². The first kappa shape index (κ1) is 11.0. The zero-order valence-corrected chi connectivity index (χ0v) is 10.3. The summed E-state index contributed by atoms with van der Waals surface area (Å²) in [5.74, 6) is 0. The second kappa shape index (κ2) is 5.60. The summed E-state index contributed by atoms with van der Waals surface area (Å²) in [6, 6.07) is 9.37. The predicted octanol–water partition coefficient (Wildman–Crippen LogP) is 2.83.